The molecule has 1 rings (SSSR count). The van der Waals surface area contributed by atoms with Crippen LogP contribution >= 0.6 is 27.5 Å². The van der Waals surface area contributed by atoms with Gasteiger partial charge in [0.1, 0.15) is 4.83 Å². The Bertz CT molecular complexity index is 430. The molecule has 0 heterocycles. The summed E-state index contributed by atoms with van der Waals surface area (Å²) in [5.74, 6) is -3.20. The van der Waals surface area contributed by atoms with Crippen LogP contribution in [0.2, 0.25) is 5.02 Å². The molecule has 0 bridgehead atoms. The van der Waals surface area contributed by atoms with Crippen molar-refractivity contribution < 1.29 is 22.0 Å². The van der Waals surface area contributed by atoms with Crippen LogP contribution in [0.5, 0.6) is 0 Å². The number of rotatable bonds is 3. The van der Waals surface area contributed by atoms with Crippen LogP contribution in [0, 0.1) is 0 Å². The van der Waals surface area contributed by atoms with Gasteiger partial charge >= 0.3 is 6.18 Å². The van der Waals surface area contributed by atoms with Gasteiger partial charge in [0.25, 0.3) is 5.92 Å². The zero-order chi connectivity index (χ0) is 14.1. The average molecular weight is 352 g/mol. The van der Waals surface area contributed by atoms with Crippen molar-refractivity contribution in [2.24, 2.45) is 0 Å². The van der Waals surface area contributed by atoms with E-state index in [0.29, 0.717) is 0 Å². The van der Waals surface area contributed by atoms with Crippen LogP contribution in [0.15, 0.2) is 18.2 Å². The minimum absolute atomic E-state index is 0.149. The van der Waals surface area contributed by atoms with Crippen molar-refractivity contribution in [3.05, 3.63) is 34.3 Å². The summed E-state index contributed by atoms with van der Waals surface area (Å²) in [5, 5.41) is -0.149. The molecule has 0 aliphatic heterocycles. The van der Waals surface area contributed by atoms with Gasteiger partial charge in [-0.15, -0.1) is 0 Å². The standard InChI is InChI=1S/C11H9BrClF5/c1-2-10(14,15)7-3-6(4-8(13)5-7)9(12)11(16,17)18/h3-5,9H,2H2,1H3. The summed E-state index contributed by atoms with van der Waals surface area (Å²) in [6, 6.07) is 2.82. The van der Waals surface area contributed by atoms with Gasteiger partial charge in [0.2, 0.25) is 0 Å². The molecule has 1 aromatic carbocycles. The molecule has 0 aliphatic rings. The van der Waals surface area contributed by atoms with E-state index < -0.39 is 28.9 Å². The van der Waals surface area contributed by atoms with Crippen molar-refractivity contribution in [3.63, 3.8) is 0 Å². The highest BCUT2D eigenvalue weighted by Gasteiger charge is 2.40. The first-order valence-corrected chi connectivity index (χ1v) is 6.27. The second-order valence-corrected chi connectivity index (χ2v) is 5.09. The molecule has 0 saturated carbocycles. The van der Waals surface area contributed by atoms with Crippen molar-refractivity contribution in [2.45, 2.75) is 30.3 Å². The number of benzene rings is 1. The quantitative estimate of drug-likeness (QED) is 0.474. The van der Waals surface area contributed by atoms with E-state index in [2.05, 4.69) is 15.9 Å². The highest BCUT2D eigenvalue weighted by atomic mass is 79.9. The number of halogens is 7. The molecular formula is C11H9BrClF5. The van der Waals surface area contributed by atoms with Gasteiger partial charge in [0.15, 0.2) is 0 Å². The summed E-state index contributed by atoms with van der Waals surface area (Å²) in [6.45, 7) is 1.25. The van der Waals surface area contributed by atoms with Crippen LogP contribution in [0.25, 0.3) is 0 Å². The number of hydrogen-bond acceptors (Lipinski definition) is 0. The van der Waals surface area contributed by atoms with E-state index in [9.17, 15) is 22.0 Å². The van der Waals surface area contributed by atoms with E-state index in [1.807, 2.05) is 0 Å². The highest BCUT2D eigenvalue weighted by molar-refractivity contribution is 9.09. The van der Waals surface area contributed by atoms with Crippen molar-refractivity contribution in [1.29, 1.82) is 0 Å². The van der Waals surface area contributed by atoms with Gasteiger partial charge < -0.3 is 0 Å². The Kier molecular flexibility index (Phi) is 4.65. The summed E-state index contributed by atoms with van der Waals surface area (Å²) < 4.78 is 64.4. The van der Waals surface area contributed by atoms with Crippen molar-refractivity contribution in [3.8, 4) is 0 Å². The van der Waals surface area contributed by atoms with Crippen molar-refractivity contribution in [2.75, 3.05) is 0 Å². The number of alkyl halides is 6. The molecule has 0 saturated heterocycles. The predicted molar refractivity (Wildman–Crippen MR) is 63.4 cm³/mol. The zero-order valence-corrected chi connectivity index (χ0v) is 11.5. The van der Waals surface area contributed by atoms with E-state index >= 15 is 0 Å². The van der Waals surface area contributed by atoms with E-state index in [1.165, 1.54) is 6.92 Å². The van der Waals surface area contributed by atoms with Gasteiger partial charge in [0.05, 0.1) is 0 Å². The lowest BCUT2D eigenvalue weighted by Crippen LogP contribution is -2.17. The molecular weight excluding hydrogens is 342 g/mol. The van der Waals surface area contributed by atoms with Gasteiger partial charge in [-0.2, -0.15) is 13.2 Å². The third-order valence-electron chi connectivity index (χ3n) is 2.37. The van der Waals surface area contributed by atoms with Crippen LogP contribution in [0.4, 0.5) is 22.0 Å². The Hall–Kier alpha value is -0.360. The van der Waals surface area contributed by atoms with Crippen molar-refractivity contribution in [1.82, 2.24) is 0 Å². The Balaban J connectivity index is 3.25. The minimum atomic E-state index is -4.57. The first kappa shape index (κ1) is 15.7. The molecule has 7 heteroatoms. The monoisotopic (exact) mass is 350 g/mol. The maximum absolute atomic E-state index is 13.4. The minimum Gasteiger partial charge on any atom is -0.201 e. The predicted octanol–water partition coefficient (Wildman–Crippen LogP) is 5.84. The average Bonchev–Trinajstić information content (AvgIpc) is 2.26. The van der Waals surface area contributed by atoms with Crippen LogP contribution < -0.4 is 0 Å². The first-order valence-electron chi connectivity index (χ1n) is 4.97. The summed E-state index contributed by atoms with van der Waals surface area (Å²) >= 11 is 8.02. The SMILES string of the molecule is CCC(F)(F)c1cc(Cl)cc(C(Br)C(F)(F)F)c1. The molecule has 1 unspecified atom stereocenters. The lowest BCUT2D eigenvalue weighted by Gasteiger charge is -2.19. The fourth-order valence-corrected chi connectivity index (χ4v) is 1.87. The Morgan fingerprint density at radius 2 is 1.72 bits per heavy atom. The molecule has 18 heavy (non-hydrogen) atoms. The van der Waals surface area contributed by atoms with Gasteiger partial charge in [0, 0.05) is 17.0 Å². The van der Waals surface area contributed by atoms with E-state index in [1.54, 1.807) is 0 Å². The third kappa shape index (κ3) is 3.57. The first-order chi connectivity index (χ1) is 8.08. The molecule has 0 fully saturated rings. The summed E-state index contributed by atoms with van der Waals surface area (Å²) in [4.78, 5) is -2.02. The second kappa shape index (κ2) is 5.33. The molecule has 0 amide bonds. The van der Waals surface area contributed by atoms with Crippen LogP contribution in [0.3, 0.4) is 0 Å². The molecule has 0 radical (unpaired) electrons. The lowest BCUT2D eigenvalue weighted by molar-refractivity contribution is -0.128. The van der Waals surface area contributed by atoms with Gasteiger partial charge in [-0.1, -0.05) is 34.5 Å². The summed E-state index contributed by atoms with van der Waals surface area (Å²) in [5.41, 5.74) is -0.848. The fourth-order valence-electron chi connectivity index (χ4n) is 1.36. The molecule has 0 spiro atoms. The zero-order valence-electron chi connectivity index (χ0n) is 9.16. The van der Waals surface area contributed by atoms with Gasteiger partial charge in [-0.3, -0.25) is 0 Å². The normalized spacial score (nSPS) is 14.7. The topological polar surface area (TPSA) is 0 Å². The van der Waals surface area contributed by atoms with Crippen LogP contribution in [0.1, 0.15) is 29.3 Å². The van der Waals surface area contributed by atoms with Gasteiger partial charge in [-0.05, 0) is 23.8 Å². The van der Waals surface area contributed by atoms with Gasteiger partial charge in [-0.25, -0.2) is 8.78 Å². The maximum Gasteiger partial charge on any atom is 0.405 e. The molecule has 0 aliphatic carbocycles. The summed E-state index contributed by atoms with van der Waals surface area (Å²) in [7, 11) is 0. The third-order valence-corrected chi connectivity index (χ3v) is 3.63. The van der Waals surface area contributed by atoms with E-state index in [0.717, 1.165) is 18.2 Å². The van der Waals surface area contributed by atoms with Crippen molar-refractivity contribution >= 4 is 27.5 Å². The highest BCUT2D eigenvalue weighted by Crippen LogP contribution is 2.42. The fraction of sp³-hybridized carbons (Fsp3) is 0.455. The summed E-state index contributed by atoms with van der Waals surface area (Å²) in [6.07, 6.45) is -5.07. The molecule has 0 nitrogen and oxygen atoms in total. The Labute approximate surface area is 114 Å². The lowest BCUT2D eigenvalue weighted by atomic mass is 10.0. The number of hydrogen-bond donors (Lipinski definition) is 0. The van der Waals surface area contributed by atoms with E-state index in [-0.39, 0.29) is 10.6 Å². The molecule has 1 atom stereocenters. The van der Waals surface area contributed by atoms with Crippen LogP contribution in [-0.2, 0) is 5.92 Å². The smallest absolute Gasteiger partial charge is 0.201 e. The maximum atomic E-state index is 13.4. The van der Waals surface area contributed by atoms with Crippen LogP contribution in [-0.4, -0.2) is 6.18 Å². The molecule has 102 valence electrons. The Morgan fingerprint density at radius 3 is 2.17 bits per heavy atom. The molecule has 0 aromatic heterocycles. The Morgan fingerprint density at radius 1 is 1.17 bits per heavy atom. The second-order valence-electron chi connectivity index (χ2n) is 3.74. The molecule has 0 N–H and O–H groups in total. The molecule has 1 aromatic rings. The van der Waals surface area contributed by atoms with E-state index in [4.69, 9.17) is 11.6 Å². The largest absolute Gasteiger partial charge is 0.405 e.